The fourth-order valence-corrected chi connectivity index (χ4v) is 2.93. The summed E-state index contributed by atoms with van der Waals surface area (Å²) >= 11 is 1.82. The number of benzene rings is 1. The number of hydrogen-bond donors (Lipinski definition) is 2. The second-order valence-electron chi connectivity index (χ2n) is 6.27. The Kier molecular flexibility index (Phi) is 12.1. The molecule has 0 saturated carbocycles. The summed E-state index contributed by atoms with van der Waals surface area (Å²) < 4.78 is 11.5. The van der Waals surface area contributed by atoms with Crippen LogP contribution in [-0.4, -0.2) is 50.9 Å². The molecule has 2 N–H and O–H groups in total. The summed E-state index contributed by atoms with van der Waals surface area (Å²) in [7, 11) is 0. The highest BCUT2D eigenvalue weighted by Gasteiger charge is 2.17. The molecule has 0 radical (unpaired) electrons. The molecule has 0 aromatic heterocycles. The molecule has 1 aromatic rings. The van der Waals surface area contributed by atoms with Crippen molar-refractivity contribution in [2.24, 2.45) is 10.9 Å². The Morgan fingerprint density at radius 3 is 2.92 bits per heavy atom. The van der Waals surface area contributed by atoms with Crippen molar-refractivity contribution in [1.29, 1.82) is 0 Å². The predicted octanol–water partition coefficient (Wildman–Crippen LogP) is 3.45. The fraction of sp³-hybridized carbons (Fsp3) is 0.632. The van der Waals surface area contributed by atoms with Crippen LogP contribution in [0.5, 0.6) is 5.75 Å². The first-order valence-electron chi connectivity index (χ1n) is 9.04. The molecule has 1 unspecified atom stereocenters. The van der Waals surface area contributed by atoms with E-state index in [0.717, 1.165) is 55.7 Å². The van der Waals surface area contributed by atoms with Gasteiger partial charge in [-0.25, -0.2) is 4.99 Å². The number of aliphatic imine (C=N–C) groups is 1. The number of nitrogens with zero attached hydrogens (tertiary/aromatic N) is 1. The monoisotopic (exact) mass is 493 g/mol. The molecule has 1 aliphatic rings. The minimum atomic E-state index is 0. The zero-order chi connectivity index (χ0) is 17.9. The molecule has 1 fully saturated rings. The maximum Gasteiger partial charge on any atom is 0.191 e. The van der Waals surface area contributed by atoms with Gasteiger partial charge in [0.2, 0.25) is 0 Å². The lowest BCUT2D eigenvalue weighted by Gasteiger charge is -2.15. The van der Waals surface area contributed by atoms with E-state index in [4.69, 9.17) is 14.5 Å². The van der Waals surface area contributed by atoms with Crippen LogP contribution in [0.3, 0.4) is 0 Å². The van der Waals surface area contributed by atoms with Crippen molar-refractivity contribution in [3.63, 3.8) is 0 Å². The summed E-state index contributed by atoms with van der Waals surface area (Å²) in [6, 6.07) is 6.34. The molecule has 0 aliphatic carbocycles. The van der Waals surface area contributed by atoms with E-state index in [1.807, 2.05) is 11.8 Å². The number of ether oxygens (including phenoxy) is 2. The van der Waals surface area contributed by atoms with Crippen molar-refractivity contribution in [2.75, 3.05) is 44.9 Å². The second-order valence-corrected chi connectivity index (χ2v) is 7.25. The second kappa shape index (κ2) is 13.5. The quantitative estimate of drug-likeness (QED) is 0.239. The lowest BCUT2D eigenvalue weighted by molar-refractivity contribution is 0.166. The van der Waals surface area contributed by atoms with Gasteiger partial charge in [-0.2, -0.15) is 11.8 Å². The lowest BCUT2D eigenvalue weighted by Crippen LogP contribution is -2.38. The van der Waals surface area contributed by atoms with Crippen LogP contribution >= 0.6 is 35.7 Å². The smallest absolute Gasteiger partial charge is 0.191 e. The van der Waals surface area contributed by atoms with Crippen molar-refractivity contribution in [3.8, 4) is 5.75 Å². The Morgan fingerprint density at radius 2 is 2.23 bits per heavy atom. The van der Waals surface area contributed by atoms with Gasteiger partial charge >= 0.3 is 0 Å². The van der Waals surface area contributed by atoms with Gasteiger partial charge < -0.3 is 20.1 Å². The largest absolute Gasteiger partial charge is 0.493 e. The minimum absolute atomic E-state index is 0. The number of aryl methyl sites for hydroxylation is 1. The van der Waals surface area contributed by atoms with Gasteiger partial charge in [0, 0.05) is 36.9 Å². The third-order valence-corrected chi connectivity index (χ3v) is 4.68. The van der Waals surface area contributed by atoms with Crippen molar-refractivity contribution >= 4 is 41.7 Å². The maximum atomic E-state index is 6.10. The summed E-state index contributed by atoms with van der Waals surface area (Å²) in [5.74, 6) is 3.36. The van der Waals surface area contributed by atoms with Gasteiger partial charge in [-0.05, 0) is 38.2 Å². The zero-order valence-electron chi connectivity index (χ0n) is 16.0. The van der Waals surface area contributed by atoms with E-state index in [0.29, 0.717) is 19.1 Å². The standard InChI is InChI=1S/C19H31N3O2S.HI/c1-4-20-19(21-8-10-25-3)22-12-17-6-5-15(2)11-18(17)24-14-16-7-9-23-13-16;/h5-6,11,16H,4,7-10,12-14H2,1-3H3,(H2,20,21,22);1H. The Labute approximate surface area is 179 Å². The average molecular weight is 493 g/mol. The third kappa shape index (κ3) is 8.35. The van der Waals surface area contributed by atoms with E-state index >= 15 is 0 Å². The molecule has 0 amide bonds. The summed E-state index contributed by atoms with van der Waals surface area (Å²) in [6.07, 6.45) is 3.19. The van der Waals surface area contributed by atoms with Crippen LogP contribution in [0.1, 0.15) is 24.5 Å². The molecule has 148 valence electrons. The predicted molar refractivity (Wildman–Crippen MR) is 122 cm³/mol. The molecule has 1 aliphatic heterocycles. The number of halogens is 1. The van der Waals surface area contributed by atoms with Crippen LogP contribution < -0.4 is 15.4 Å². The lowest BCUT2D eigenvalue weighted by atomic mass is 10.1. The van der Waals surface area contributed by atoms with Gasteiger partial charge in [0.25, 0.3) is 0 Å². The Hall–Kier alpha value is -0.670. The molecule has 1 aromatic carbocycles. The molecule has 1 saturated heterocycles. The zero-order valence-corrected chi connectivity index (χ0v) is 19.2. The van der Waals surface area contributed by atoms with Gasteiger partial charge in [0.1, 0.15) is 5.75 Å². The summed E-state index contributed by atoms with van der Waals surface area (Å²) in [6.45, 7) is 8.91. The normalized spacial score (nSPS) is 16.9. The van der Waals surface area contributed by atoms with Crippen LogP contribution in [0.4, 0.5) is 0 Å². The fourth-order valence-electron chi connectivity index (χ4n) is 2.63. The van der Waals surface area contributed by atoms with Crippen LogP contribution in [0.25, 0.3) is 0 Å². The van der Waals surface area contributed by atoms with E-state index in [9.17, 15) is 0 Å². The van der Waals surface area contributed by atoms with Crippen molar-refractivity contribution < 1.29 is 9.47 Å². The van der Waals surface area contributed by atoms with Crippen LogP contribution in [0, 0.1) is 12.8 Å². The van der Waals surface area contributed by atoms with Crippen molar-refractivity contribution in [2.45, 2.75) is 26.8 Å². The van der Waals surface area contributed by atoms with Crippen LogP contribution in [0.2, 0.25) is 0 Å². The van der Waals surface area contributed by atoms with Crippen LogP contribution in [-0.2, 0) is 11.3 Å². The van der Waals surface area contributed by atoms with E-state index in [-0.39, 0.29) is 24.0 Å². The number of nitrogens with one attached hydrogen (secondary N) is 2. The molecule has 1 heterocycles. The molecular formula is C19H32IN3O2S. The van der Waals surface area contributed by atoms with Crippen LogP contribution in [0.15, 0.2) is 23.2 Å². The maximum absolute atomic E-state index is 6.10. The minimum Gasteiger partial charge on any atom is -0.493 e. The highest BCUT2D eigenvalue weighted by atomic mass is 127. The molecule has 0 spiro atoms. The highest BCUT2D eigenvalue weighted by Crippen LogP contribution is 2.23. The number of thioether (sulfide) groups is 1. The first-order valence-corrected chi connectivity index (χ1v) is 10.4. The average Bonchev–Trinajstić information content (AvgIpc) is 3.12. The summed E-state index contributed by atoms with van der Waals surface area (Å²) in [4.78, 5) is 4.71. The molecule has 2 rings (SSSR count). The molecule has 0 bridgehead atoms. The van der Waals surface area contributed by atoms with E-state index in [1.54, 1.807) is 0 Å². The van der Waals surface area contributed by atoms with E-state index in [2.05, 4.69) is 48.9 Å². The van der Waals surface area contributed by atoms with Gasteiger partial charge in [-0.3, -0.25) is 0 Å². The number of guanidine groups is 1. The molecule has 7 heteroatoms. The van der Waals surface area contributed by atoms with E-state index < -0.39 is 0 Å². The Balaban J connectivity index is 0.00000338. The van der Waals surface area contributed by atoms with Gasteiger partial charge in [-0.15, -0.1) is 24.0 Å². The molecular weight excluding hydrogens is 461 g/mol. The van der Waals surface area contributed by atoms with Crippen molar-refractivity contribution in [3.05, 3.63) is 29.3 Å². The third-order valence-electron chi connectivity index (χ3n) is 4.07. The van der Waals surface area contributed by atoms with Crippen molar-refractivity contribution in [1.82, 2.24) is 10.6 Å². The summed E-state index contributed by atoms with van der Waals surface area (Å²) in [5, 5.41) is 6.65. The van der Waals surface area contributed by atoms with Gasteiger partial charge in [-0.1, -0.05) is 12.1 Å². The Bertz CT molecular complexity index is 552. The first-order chi connectivity index (χ1) is 12.2. The molecule has 5 nitrogen and oxygen atoms in total. The number of rotatable bonds is 9. The SMILES string of the molecule is CCNC(=NCc1ccc(C)cc1OCC1CCOC1)NCCSC.I. The first kappa shape index (κ1) is 23.4. The van der Waals surface area contributed by atoms with Gasteiger partial charge in [0.05, 0.1) is 19.8 Å². The number of hydrogen-bond acceptors (Lipinski definition) is 4. The Morgan fingerprint density at radius 1 is 1.38 bits per heavy atom. The topological polar surface area (TPSA) is 54.9 Å². The molecule has 26 heavy (non-hydrogen) atoms. The van der Waals surface area contributed by atoms with Gasteiger partial charge in [0.15, 0.2) is 5.96 Å². The summed E-state index contributed by atoms with van der Waals surface area (Å²) in [5.41, 5.74) is 2.32. The highest BCUT2D eigenvalue weighted by molar-refractivity contribution is 14.0. The molecule has 1 atom stereocenters. The van der Waals surface area contributed by atoms with E-state index in [1.165, 1.54) is 5.56 Å².